The lowest BCUT2D eigenvalue weighted by molar-refractivity contribution is -0.113. The van der Waals surface area contributed by atoms with E-state index in [-0.39, 0.29) is 11.1 Å². The van der Waals surface area contributed by atoms with E-state index in [0.29, 0.717) is 4.91 Å². The van der Waals surface area contributed by atoms with Crippen molar-refractivity contribution < 1.29 is 4.79 Å². The summed E-state index contributed by atoms with van der Waals surface area (Å²) >= 11 is 1.20. The fourth-order valence-electron chi connectivity index (χ4n) is 2.97. The third-order valence-corrected chi connectivity index (χ3v) is 5.32. The number of rotatable bonds is 3. The first-order valence-corrected chi connectivity index (χ1v) is 9.48. The summed E-state index contributed by atoms with van der Waals surface area (Å²) in [6.07, 6.45) is 1.85. The first-order valence-electron chi connectivity index (χ1n) is 8.66. The van der Waals surface area contributed by atoms with Gasteiger partial charge in [0.15, 0.2) is 5.17 Å². The Bertz CT molecular complexity index is 1020. The largest absolute Gasteiger partial charge is 0.278 e. The molecule has 1 N–H and O–H groups in total. The maximum atomic E-state index is 12.8. The summed E-state index contributed by atoms with van der Waals surface area (Å²) < 4.78 is 0. The smallest absolute Gasteiger partial charge is 0.271 e. The molecule has 1 aliphatic heterocycles. The summed E-state index contributed by atoms with van der Waals surface area (Å²) in [6.45, 7) is 2.00. The van der Waals surface area contributed by atoms with Gasteiger partial charge in [-0.15, -0.1) is 0 Å². The molecule has 0 bridgehead atoms. The second kappa shape index (κ2) is 7.25. The molecule has 3 aromatic rings. The van der Waals surface area contributed by atoms with Crippen LogP contribution in [-0.2, 0) is 4.79 Å². The summed E-state index contributed by atoms with van der Waals surface area (Å²) in [5.74, 6) is -0.152. The van der Waals surface area contributed by atoms with Gasteiger partial charge in [-0.1, -0.05) is 72.3 Å². The topological polar surface area (TPSA) is 44.2 Å². The number of anilines is 1. The van der Waals surface area contributed by atoms with Gasteiger partial charge in [0, 0.05) is 0 Å². The van der Waals surface area contributed by atoms with Crippen LogP contribution < -0.4 is 4.90 Å². The molecule has 0 unspecified atom stereocenters. The lowest BCUT2D eigenvalue weighted by atomic mass is 10.0. The van der Waals surface area contributed by atoms with Crippen LogP contribution in [0.3, 0.4) is 0 Å². The molecule has 0 saturated carbocycles. The molecule has 1 aliphatic rings. The Morgan fingerprint density at radius 3 is 2.15 bits per heavy atom. The van der Waals surface area contributed by atoms with Crippen molar-refractivity contribution in [1.29, 1.82) is 5.41 Å². The molecular weight excluding hydrogens is 352 g/mol. The second-order valence-electron chi connectivity index (χ2n) is 6.38. The predicted molar refractivity (Wildman–Crippen MR) is 114 cm³/mol. The molecule has 132 valence electrons. The van der Waals surface area contributed by atoms with Gasteiger partial charge in [0.2, 0.25) is 0 Å². The van der Waals surface area contributed by atoms with Crippen LogP contribution in [-0.4, -0.2) is 11.1 Å². The summed E-state index contributed by atoms with van der Waals surface area (Å²) in [6, 6.07) is 25.9. The molecule has 4 rings (SSSR count). The third kappa shape index (κ3) is 3.57. The lowest BCUT2D eigenvalue weighted by Gasteiger charge is -2.14. The fourth-order valence-corrected chi connectivity index (χ4v) is 3.83. The molecule has 0 radical (unpaired) electrons. The number of thioether (sulfide) groups is 1. The SMILES string of the molecule is Cc1ccc(N2C(=N)S/C(=C\c3ccc(-c4ccccc4)cc3)C2=O)cc1. The molecule has 0 spiro atoms. The minimum Gasteiger partial charge on any atom is -0.278 e. The van der Waals surface area contributed by atoms with Crippen LogP contribution in [0, 0.1) is 12.3 Å². The number of carbonyl (C=O) groups is 1. The van der Waals surface area contributed by atoms with Crippen molar-refractivity contribution in [2.75, 3.05) is 4.90 Å². The van der Waals surface area contributed by atoms with Gasteiger partial charge in [0.25, 0.3) is 5.91 Å². The average Bonchev–Trinajstić information content (AvgIpc) is 2.97. The van der Waals surface area contributed by atoms with E-state index < -0.39 is 0 Å². The zero-order valence-corrected chi connectivity index (χ0v) is 15.7. The maximum Gasteiger partial charge on any atom is 0.271 e. The van der Waals surface area contributed by atoms with Crippen molar-refractivity contribution in [3.8, 4) is 11.1 Å². The molecule has 0 aromatic heterocycles. The van der Waals surface area contributed by atoms with E-state index in [0.717, 1.165) is 27.9 Å². The maximum absolute atomic E-state index is 12.8. The van der Waals surface area contributed by atoms with Gasteiger partial charge in [-0.3, -0.25) is 15.1 Å². The molecule has 0 atom stereocenters. The van der Waals surface area contributed by atoms with Crippen molar-refractivity contribution in [2.24, 2.45) is 0 Å². The molecule has 0 aliphatic carbocycles. The van der Waals surface area contributed by atoms with Crippen molar-refractivity contribution in [3.63, 3.8) is 0 Å². The van der Waals surface area contributed by atoms with E-state index in [1.165, 1.54) is 16.7 Å². The number of hydrogen-bond donors (Lipinski definition) is 1. The van der Waals surface area contributed by atoms with Crippen LogP contribution in [0.1, 0.15) is 11.1 Å². The standard InChI is InChI=1S/C23H18N2OS/c1-16-7-13-20(14-8-16)25-22(26)21(27-23(25)24)15-17-9-11-19(12-10-17)18-5-3-2-4-6-18/h2-15,24H,1H3/b21-15-,24-23?. The molecule has 3 aromatic carbocycles. The zero-order valence-electron chi connectivity index (χ0n) is 14.8. The molecule has 4 heteroatoms. The molecular formula is C23H18N2OS. The Morgan fingerprint density at radius 1 is 0.852 bits per heavy atom. The molecule has 27 heavy (non-hydrogen) atoms. The number of benzene rings is 3. The third-order valence-electron chi connectivity index (χ3n) is 4.43. The highest BCUT2D eigenvalue weighted by Gasteiger charge is 2.33. The molecule has 3 nitrogen and oxygen atoms in total. The first-order chi connectivity index (χ1) is 13.1. The highest BCUT2D eigenvalue weighted by molar-refractivity contribution is 8.19. The van der Waals surface area contributed by atoms with E-state index >= 15 is 0 Å². The lowest BCUT2D eigenvalue weighted by Crippen LogP contribution is -2.28. The summed E-state index contributed by atoms with van der Waals surface area (Å²) in [7, 11) is 0. The number of amidine groups is 1. The molecule has 1 amide bonds. The van der Waals surface area contributed by atoms with Gasteiger partial charge in [-0.25, -0.2) is 0 Å². The Balaban J connectivity index is 1.58. The zero-order chi connectivity index (χ0) is 18.8. The van der Waals surface area contributed by atoms with E-state index in [9.17, 15) is 4.79 Å². The number of nitrogens with one attached hydrogen (secondary N) is 1. The van der Waals surface area contributed by atoms with Crippen LogP contribution in [0.15, 0.2) is 83.8 Å². The Labute approximate surface area is 162 Å². The Hall–Kier alpha value is -3.11. The number of aryl methyl sites for hydroxylation is 1. The second-order valence-corrected chi connectivity index (χ2v) is 7.41. The number of nitrogens with zero attached hydrogens (tertiary/aromatic N) is 1. The Morgan fingerprint density at radius 2 is 1.48 bits per heavy atom. The minimum absolute atomic E-state index is 0.152. The number of amides is 1. The van der Waals surface area contributed by atoms with Crippen molar-refractivity contribution >= 4 is 34.6 Å². The van der Waals surface area contributed by atoms with Crippen LogP contribution in [0.25, 0.3) is 17.2 Å². The van der Waals surface area contributed by atoms with Crippen molar-refractivity contribution in [3.05, 3.63) is 94.9 Å². The average molecular weight is 370 g/mol. The van der Waals surface area contributed by atoms with E-state index in [4.69, 9.17) is 5.41 Å². The molecule has 1 heterocycles. The van der Waals surface area contributed by atoms with Gasteiger partial charge in [0.05, 0.1) is 10.6 Å². The van der Waals surface area contributed by atoms with Gasteiger partial charge >= 0.3 is 0 Å². The summed E-state index contributed by atoms with van der Waals surface area (Å²) in [5, 5.41) is 8.43. The highest BCUT2D eigenvalue weighted by Crippen LogP contribution is 2.35. The molecule has 1 fully saturated rings. The minimum atomic E-state index is -0.152. The first kappa shape index (κ1) is 17.3. The predicted octanol–water partition coefficient (Wildman–Crippen LogP) is 5.72. The summed E-state index contributed by atoms with van der Waals surface area (Å²) in [4.78, 5) is 14.8. The van der Waals surface area contributed by atoms with Crippen molar-refractivity contribution in [1.82, 2.24) is 0 Å². The van der Waals surface area contributed by atoms with Gasteiger partial charge in [-0.2, -0.15) is 0 Å². The number of hydrogen-bond acceptors (Lipinski definition) is 3. The van der Waals surface area contributed by atoms with E-state index in [1.54, 1.807) is 0 Å². The summed E-state index contributed by atoms with van der Waals surface area (Å²) in [5.41, 5.74) is 5.10. The monoisotopic (exact) mass is 370 g/mol. The normalized spacial score (nSPS) is 15.6. The Kier molecular flexibility index (Phi) is 4.65. The van der Waals surface area contributed by atoms with Crippen LogP contribution in [0.2, 0.25) is 0 Å². The van der Waals surface area contributed by atoms with Gasteiger partial charge in [0.1, 0.15) is 0 Å². The number of carbonyl (C=O) groups excluding carboxylic acids is 1. The van der Waals surface area contributed by atoms with E-state index in [1.807, 2.05) is 67.6 Å². The van der Waals surface area contributed by atoms with E-state index in [2.05, 4.69) is 24.3 Å². The van der Waals surface area contributed by atoms with Crippen LogP contribution in [0.5, 0.6) is 0 Å². The highest BCUT2D eigenvalue weighted by atomic mass is 32.2. The van der Waals surface area contributed by atoms with Gasteiger partial charge in [-0.05, 0) is 53.6 Å². The van der Waals surface area contributed by atoms with Crippen molar-refractivity contribution in [2.45, 2.75) is 6.92 Å². The van der Waals surface area contributed by atoms with Gasteiger partial charge < -0.3 is 0 Å². The quantitative estimate of drug-likeness (QED) is 0.600. The van der Waals surface area contributed by atoms with Crippen LogP contribution in [0.4, 0.5) is 5.69 Å². The molecule has 1 saturated heterocycles. The van der Waals surface area contributed by atoms with Crippen LogP contribution >= 0.6 is 11.8 Å². The fraction of sp³-hybridized carbons (Fsp3) is 0.0435.